The van der Waals surface area contributed by atoms with Crippen molar-refractivity contribution in [3.63, 3.8) is 0 Å². The number of thiazole rings is 1. The number of azo groups is 1. The molecule has 4 nitrogen and oxygen atoms in total. The van der Waals surface area contributed by atoms with E-state index in [0.29, 0.717) is 0 Å². The van der Waals surface area contributed by atoms with E-state index in [1.807, 2.05) is 48.8 Å². The van der Waals surface area contributed by atoms with Crippen molar-refractivity contribution < 1.29 is 0 Å². The van der Waals surface area contributed by atoms with Crippen LogP contribution in [0.4, 0.5) is 11.4 Å². The van der Waals surface area contributed by atoms with Crippen molar-refractivity contribution >= 4 is 43.8 Å². The number of hydrogen-bond acceptors (Lipinski definition) is 4. The van der Waals surface area contributed by atoms with Crippen LogP contribution in [0.15, 0.2) is 58.2 Å². The Labute approximate surface area is 125 Å². The highest BCUT2D eigenvalue weighted by atomic mass is 32.1. The zero-order valence-electron chi connectivity index (χ0n) is 11.4. The summed E-state index contributed by atoms with van der Waals surface area (Å²) in [6.45, 7) is 2.01. The standard InChI is InChI=1S/C16H12N4S/c1-10-16(12-4-2-3-5-13(12)18-10)20-19-11-6-7-14-15(8-11)21-9-17-14/h2-9,18H,1H3. The number of rotatable bonds is 2. The molecule has 0 atom stereocenters. The van der Waals surface area contributed by atoms with E-state index in [9.17, 15) is 0 Å². The Balaban J connectivity index is 1.77. The SMILES string of the molecule is Cc1[nH]c2ccccc2c1N=Nc1ccc2ncsc2c1. The summed E-state index contributed by atoms with van der Waals surface area (Å²) in [5.74, 6) is 0. The molecule has 0 aliphatic rings. The third-order valence-corrected chi connectivity index (χ3v) is 4.23. The number of benzene rings is 2. The van der Waals surface area contributed by atoms with Crippen LogP contribution in [0.1, 0.15) is 5.69 Å². The normalized spacial score (nSPS) is 11.9. The number of fused-ring (bicyclic) bond motifs is 2. The van der Waals surface area contributed by atoms with Gasteiger partial charge in [-0.3, -0.25) is 0 Å². The Morgan fingerprint density at radius 3 is 2.95 bits per heavy atom. The van der Waals surface area contributed by atoms with Crippen molar-refractivity contribution in [2.75, 3.05) is 0 Å². The maximum Gasteiger partial charge on any atom is 0.114 e. The molecule has 0 bridgehead atoms. The Morgan fingerprint density at radius 2 is 2.00 bits per heavy atom. The van der Waals surface area contributed by atoms with Crippen LogP contribution in [0.5, 0.6) is 0 Å². The molecule has 0 unspecified atom stereocenters. The van der Waals surface area contributed by atoms with Crippen LogP contribution in [0.3, 0.4) is 0 Å². The van der Waals surface area contributed by atoms with Crippen LogP contribution in [-0.2, 0) is 0 Å². The predicted octanol–water partition coefficient (Wildman–Crippen LogP) is 5.50. The lowest BCUT2D eigenvalue weighted by Crippen LogP contribution is -1.69. The molecule has 0 aliphatic carbocycles. The van der Waals surface area contributed by atoms with Crippen LogP contribution in [0.2, 0.25) is 0 Å². The van der Waals surface area contributed by atoms with E-state index in [4.69, 9.17) is 0 Å². The highest BCUT2D eigenvalue weighted by Crippen LogP contribution is 2.32. The molecule has 5 heteroatoms. The second-order valence-corrected chi connectivity index (χ2v) is 5.73. The number of H-pyrrole nitrogens is 1. The van der Waals surface area contributed by atoms with Gasteiger partial charge in [0.2, 0.25) is 0 Å². The average Bonchev–Trinajstić information content (AvgIpc) is 3.08. The summed E-state index contributed by atoms with van der Waals surface area (Å²) in [4.78, 5) is 7.59. The van der Waals surface area contributed by atoms with Gasteiger partial charge in [-0.15, -0.1) is 16.5 Å². The quantitative estimate of drug-likeness (QED) is 0.487. The second-order valence-electron chi connectivity index (χ2n) is 4.85. The highest BCUT2D eigenvalue weighted by Gasteiger charge is 2.06. The van der Waals surface area contributed by atoms with Crippen LogP contribution in [-0.4, -0.2) is 9.97 Å². The van der Waals surface area contributed by atoms with Crippen molar-refractivity contribution in [3.8, 4) is 0 Å². The summed E-state index contributed by atoms with van der Waals surface area (Å²) in [5.41, 5.74) is 6.70. The van der Waals surface area contributed by atoms with Gasteiger partial charge in [-0.2, -0.15) is 5.11 Å². The van der Waals surface area contributed by atoms with Gasteiger partial charge in [-0.05, 0) is 31.2 Å². The smallest absolute Gasteiger partial charge is 0.114 e. The molecule has 0 fully saturated rings. The van der Waals surface area contributed by atoms with E-state index in [1.165, 1.54) is 0 Å². The van der Waals surface area contributed by atoms with E-state index in [-0.39, 0.29) is 0 Å². The predicted molar refractivity (Wildman–Crippen MR) is 86.8 cm³/mol. The van der Waals surface area contributed by atoms with Gasteiger partial charge in [0, 0.05) is 16.6 Å². The van der Waals surface area contributed by atoms with Crippen molar-refractivity contribution in [1.29, 1.82) is 0 Å². The fourth-order valence-corrected chi connectivity index (χ4v) is 3.11. The van der Waals surface area contributed by atoms with Gasteiger partial charge in [-0.25, -0.2) is 4.98 Å². The van der Waals surface area contributed by atoms with Gasteiger partial charge in [0.05, 0.1) is 21.4 Å². The van der Waals surface area contributed by atoms with Gasteiger partial charge < -0.3 is 4.98 Å². The molecule has 0 radical (unpaired) electrons. The molecule has 0 saturated heterocycles. The van der Waals surface area contributed by atoms with Crippen LogP contribution in [0.25, 0.3) is 21.1 Å². The van der Waals surface area contributed by atoms with Crippen molar-refractivity contribution in [3.05, 3.63) is 53.7 Å². The van der Waals surface area contributed by atoms with Crippen LogP contribution in [0, 0.1) is 6.92 Å². The second kappa shape index (κ2) is 4.79. The number of aryl methyl sites for hydroxylation is 1. The molecule has 0 aliphatic heterocycles. The van der Waals surface area contributed by atoms with Crippen molar-refractivity contribution in [2.24, 2.45) is 10.2 Å². The molecular weight excluding hydrogens is 280 g/mol. The zero-order valence-corrected chi connectivity index (χ0v) is 12.2. The molecule has 0 saturated carbocycles. The molecule has 2 heterocycles. The summed E-state index contributed by atoms with van der Waals surface area (Å²) in [7, 11) is 0. The minimum Gasteiger partial charge on any atom is -0.357 e. The average molecular weight is 292 g/mol. The van der Waals surface area contributed by atoms with Gasteiger partial charge in [0.15, 0.2) is 0 Å². The number of nitrogens with zero attached hydrogens (tertiary/aromatic N) is 3. The minimum absolute atomic E-state index is 0.844. The maximum atomic E-state index is 4.43. The lowest BCUT2D eigenvalue weighted by atomic mass is 10.2. The van der Waals surface area contributed by atoms with Gasteiger partial charge in [0.1, 0.15) is 5.69 Å². The van der Waals surface area contributed by atoms with Gasteiger partial charge in [-0.1, -0.05) is 18.2 Å². The molecule has 21 heavy (non-hydrogen) atoms. The Bertz CT molecular complexity index is 965. The lowest BCUT2D eigenvalue weighted by molar-refractivity contribution is 1.20. The molecule has 102 valence electrons. The fourth-order valence-electron chi connectivity index (χ4n) is 2.40. The first-order valence-corrected chi connectivity index (χ1v) is 7.51. The molecule has 1 N–H and O–H groups in total. The Hall–Kier alpha value is -2.53. The van der Waals surface area contributed by atoms with Gasteiger partial charge >= 0.3 is 0 Å². The topological polar surface area (TPSA) is 53.4 Å². The lowest BCUT2D eigenvalue weighted by Gasteiger charge is -1.94. The number of para-hydroxylation sites is 1. The Morgan fingerprint density at radius 1 is 1.10 bits per heavy atom. The molecule has 0 amide bonds. The summed E-state index contributed by atoms with van der Waals surface area (Å²) in [6, 6.07) is 14.1. The largest absolute Gasteiger partial charge is 0.357 e. The van der Waals surface area contributed by atoms with E-state index in [0.717, 1.165) is 38.2 Å². The highest BCUT2D eigenvalue weighted by molar-refractivity contribution is 7.16. The Kier molecular flexibility index (Phi) is 2.79. The summed E-state index contributed by atoms with van der Waals surface area (Å²) < 4.78 is 1.13. The first-order valence-electron chi connectivity index (χ1n) is 6.63. The fraction of sp³-hybridized carbons (Fsp3) is 0.0625. The molecular formula is C16H12N4S. The first kappa shape index (κ1) is 12.2. The summed E-state index contributed by atoms with van der Waals surface area (Å²) in [5, 5.41) is 9.90. The molecule has 2 aromatic carbocycles. The van der Waals surface area contributed by atoms with E-state index < -0.39 is 0 Å². The number of aromatic nitrogens is 2. The first-order chi connectivity index (χ1) is 10.3. The van der Waals surface area contributed by atoms with E-state index in [2.05, 4.69) is 26.3 Å². The molecule has 4 rings (SSSR count). The number of hydrogen-bond donors (Lipinski definition) is 1. The monoisotopic (exact) mass is 292 g/mol. The minimum atomic E-state index is 0.844. The molecule has 4 aromatic rings. The van der Waals surface area contributed by atoms with Crippen LogP contribution < -0.4 is 0 Å². The molecule has 0 spiro atoms. The third kappa shape index (κ3) is 2.11. The van der Waals surface area contributed by atoms with Gasteiger partial charge in [0.25, 0.3) is 0 Å². The maximum absolute atomic E-state index is 4.43. The third-order valence-electron chi connectivity index (χ3n) is 3.44. The summed E-state index contributed by atoms with van der Waals surface area (Å²) in [6.07, 6.45) is 0. The van der Waals surface area contributed by atoms with E-state index in [1.54, 1.807) is 11.3 Å². The van der Waals surface area contributed by atoms with Crippen molar-refractivity contribution in [1.82, 2.24) is 9.97 Å². The summed E-state index contributed by atoms with van der Waals surface area (Å²) >= 11 is 1.61. The zero-order chi connectivity index (χ0) is 14.2. The van der Waals surface area contributed by atoms with Crippen molar-refractivity contribution in [2.45, 2.75) is 6.92 Å². The van der Waals surface area contributed by atoms with Crippen LogP contribution >= 0.6 is 11.3 Å². The van der Waals surface area contributed by atoms with E-state index >= 15 is 0 Å². The number of aromatic amines is 1. The number of nitrogens with one attached hydrogen (secondary N) is 1. The molecule has 2 aromatic heterocycles.